The Balaban J connectivity index is 1.41. The van der Waals surface area contributed by atoms with Crippen molar-refractivity contribution < 1.29 is 4.42 Å². The average Bonchev–Trinajstić information content (AvgIpc) is 3.26. The summed E-state index contributed by atoms with van der Waals surface area (Å²) in [5, 5.41) is 0. The maximum absolute atomic E-state index is 5.56. The average molecular weight is 405 g/mol. The zero-order chi connectivity index (χ0) is 20.3. The highest BCUT2D eigenvalue weighted by atomic mass is 16.3. The summed E-state index contributed by atoms with van der Waals surface area (Å²) in [7, 11) is 0. The molecule has 3 aromatic heterocycles. The molecule has 0 radical (unpaired) electrons. The Bertz CT molecular complexity index is 974. The Morgan fingerprint density at radius 1 is 0.933 bits per heavy atom. The highest BCUT2D eigenvalue weighted by Gasteiger charge is 2.27. The first-order valence-electron chi connectivity index (χ1n) is 11.0. The van der Waals surface area contributed by atoms with Crippen LogP contribution in [0.5, 0.6) is 0 Å². The van der Waals surface area contributed by atoms with Crippen LogP contribution in [0, 0.1) is 6.92 Å². The van der Waals surface area contributed by atoms with Crippen molar-refractivity contribution in [2.75, 3.05) is 31.1 Å². The molecule has 7 nitrogen and oxygen atoms in total. The number of anilines is 1. The summed E-state index contributed by atoms with van der Waals surface area (Å²) in [5.41, 5.74) is 3.46. The predicted molar refractivity (Wildman–Crippen MR) is 116 cm³/mol. The Labute approximate surface area is 177 Å². The first-order chi connectivity index (χ1) is 14.8. The lowest BCUT2D eigenvalue weighted by Gasteiger charge is -2.40. The van der Waals surface area contributed by atoms with E-state index < -0.39 is 0 Å². The van der Waals surface area contributed by atoms with Gasteiger partial charge in [-0.1, -0.05) is 19.3 Å². The molecule has 7 heteroatoms. The second-order valence-corrected chi connectivity index (χ2v) is 8.23. The first kappa shape index (κ1) is 19.2. The number of hydrogen-bond acceptors (Lipinski definition) is 7. The molecule has 0 amide bonds. The van der Waals surface area contributed by atoms with Crippen LogP contribution in [0.25, 0.3) is 22.5 Å². The molecule has 1 aliphatic heterocycles. The van der Waals surface area contributed by atoms with E-state index in [0.29, 0.717) is 0 Å². The second kappa shape index (κ2) is 8.52. The first-order valence-corrected chi connectivity index (χ1v) is 11.0. The molecule has 0 unspecified atom stereocenters. The second-order valence-electron chi connectivity index (χ2n) is 8.23. The predicted octanol–water partition coefficient (Wildman–Crippen LogP) is 3.96. The van der Waals surface area contributed by atoms with Gasteiger partial charge in [0.25, 0.3) is 0 Å². The van der Waals surface area contributed by atoms with Gasteiger partial charge in [0.05, 0.1) is 23.8 Å². The summed E-state index contributed by atoms with van der Waals surface area (Å²) in [6, 6.07) is 2.73. The van der Waals surface area contributed by atoms with Gasteiger partial charge in [0.15, 0.2) is 0 Å². The number of nitrogens with zero attached hydrogens (tertiary/aromatic N) is 6. The van der Waals surface area contributed by atoms with Crippen LogP contribution in [0.4, 0.5) is 5.95 Å². The minimum absolute atomic E-state index is 0.766. The van der Waals surface area contributed by atoms with Gasteiger partial charge in [-0.15, -0.1) is 0 Å². The molecule has 1 saturated carbocycles. The molecule has 0 bridgehead atoms. The lowest BCUT2D eigenvalue weighted by Crippen LogP contribution is -2.51. The van der Waals surface area contributed by atoms with E-state index >= 15 is 0 Å². The Hall–Kier alpha value is -2.80. The van der Waals surface area contributed by atoms with Crippen LogP contribution in [0.1, 0.15) is 37.9 Å². The molecular weight excluding hydrogens is 376 g/mol. The highest BCUT2D eigenvalue weighted by Crippen LogP contribution is 2.33. The fraction of sp³-hybridized carbons (Fsp3) is 0.478. The third-order valence-electron chi connectivity index (χ3n) is 6.42. The number of aryl methyl sites for hydroxylation is 1. The molecule has 0 aromatic carbocycles. The van der Waals surface area contributed by atoms with Crippen molar-refractivity contribution in [1.29, 1.82) is 0 Å². The van der Waals surface area contributed by atoms with Gasteiger partial charge < -0.3 is 9.32 Å². The van der Waals surface area contributed by atoms with Gasteiger partial charge in [-0.3, -0.25) is 14.9 Å². The molecule has 0 atom stereocenters. The fourth-order valence-corrected chi connectivity index (χ4v) is 4.72. The third kappa shape index (κ3) is 3.81. The highest BCUT2D eigenvalue weighted by molar-refractivity contribution is 5.79. The summed E-state index contributed by atoms with van der Waals surface area (Å²) in [4.78, 5) is 23.3. The van der Waals surface area contributed by atoms with Gasteiger partial charge in [0.2, 0.25) is 5.95 Å². The van der Waals surface area contributed by atoms with Crippen molar-refractivity contribution in [2.24, 2.45) is 0 Å². The molecule has 3 aromatic rings. The summed E-state index contributed by atoms with van der Waals surface area (Å²) < 4.78 is 5.56. The molecule has 1 saturated heterocycles. The summed E-state index contributed by atoms with van der Waals surface area (Å²) >= 11 is 0. The molecule has 4 heterocycles. The molecule has 0 N–H and O–H groups in total. The van der Waals surface area contributed by atoms with Crippen LogP contribution in [0.3, 0.4) is 0 Å². The van der Waals surface area contributed by atoms with Gasteiger partial charge in [0, 0.05) is 61.9 Å². The van der Waals surface area contributed by atoms with E-state index in [1.165, 1.54) is 32.1 Å². The Morgan fingerprint density at radius 2 is 1.77 bits per heavy atom. The number of hydrogen-bond donors (Lipinski definition) is 0. The van der Waals surface area contributed by atoms with Crippen LogP contribution in [0.15, 0.2) is 41.5 Å². The lowest BCUT2D eigenvalue weighted by atomic mass is 9.94. The number of aromatic nitrogens is 4. The maximum Gasteiger partial charge on any atom is 0.225 e. The van der Waals surface area contributed by atoms with Crippen molar-refractivity contribution >= 4 is 5.95 Å². The van der Waals surface area contributed by atoms with Gasteiger partial charge in [-0.05, 0) is 25.8 Å². The van der Waals surface area contributed by atoms with E-state index in [1.807, 2.05) is 19.2 Å². The molecule has 0 spiro atoms. The van der Waals surface area contributed by atoms with E-state index in [9.17, 15) is 0 Å². The van der Waals surface area contributed by atoms with Crippen molar-refractivity contribution in [3.63, 3.8) is 0 Å². The van der Waals surface area contributed by atoms with Gasteiger partial charge in [-0.25, -0.2) is 9.97 Å². The third-order valence-corrected chi connectivity index (χ3v) is 6.42. The Kier molecular flexibility index (Phi) is 5.45. The van der Waals surface area contributed by atoms with E-state index in [2.05, 4.69) is 19.8 Å². The normalized spacial score (nSPS) is 18.6. The molecule has 2 aliphatic rings. The molecule has 1 aliphatic carbocycles. The van der Waals surface area contributed by atoms with Crippen molar-refractivity contribution in [1.82, 2.24) is 24.8 Å². The van der Waals surface area contributed by atoms with Gasteiger partial charge in [0.1, 0.15) is 5.76 Å². The van der Waals surface area contributed by atoms with Gasteiger partial charge >= 0.3 is 0 Å². The molecule has 5 rings (SSSR count). The van der Waals surface area contributed by atoms with E-state index in [-0.39, 0.29) is 0 Å². The maximum atomic E-state index is 5.56. The van der Waals surface area contributed by atoms with Crippen LogP contribution < -0.4 is 4.90 Å². The molecular formula is C23H28N6O. The van der Waals surface area contributed by atoms with Crippen LogP contribution in [-0.2, 0) is 0 Å². The van der Waals surface area contributed by atoms with Crippen LogP contribution in [-0.4, -0.2) is 57.1 Å². The smallest absolute Gasteiger partial charge is 0.225 e. The van der Waals surface area contributed by atoms with Crippen LogP contribution >= 0.6 is 0 Å². The Morgan fingerprint density at radius 3 is 2.47 bits per heavy atom. The van der Waals surface area contributed by atoms with E-state index in [4.69, 9.17) is 14.4 Å². The zero-order valence-electron chi connectivity index (χ0n) is 17.5. The monoisotopic (exact) mass is 404 g/mol. The lowest BCUT2D eigenvalue weighted by molar-refractivity contribution is 0.147. The van der Waals surface area contributed by atoms with Crippen LogP contribution in [0.2, 0.25) is 0 Å². The minimum atomic E-state index is 0.766. The van der Waals surface area contributed by atoms with E-state index in [0.717, 1.165) is 66.4 Å². The quantitative estimate of drug-likeness (QED) is 0.652. The topological polar surface area (TPSA) is 71.2 Å². The standard InChI is InChI=1S/C23H28N6O/c1-17-19(7-14-30-17)22-20(21-16-24-8-9-25-21)15-26-23(27-22)29-12-10-28(11-13-29)18-5-3-2-4-6-18/h7-9,14-16,18H,2-6,10-13H2,1H3. The molecule has 2 fully saturated rings. The number of piperazine rings is 1. The number of furan rings is 1. The summed E-state index contributed by atoms with van der Waals surface area (Å²) in [6.07, 6.45) is 15.6. The van der Waals surface area contributed by atoms with Gasteiger partial charge in [-0.2, -0.15) is 0 Å². The SMILES string of the molecule is Cc1occc1-c1nc(N2CCN(C3CCCCC3)CC2)ncc1-c1cnccn1. The number of rotatable bonds is 4. The van der Waals surface area contributed by atoms with E-state index in [1.54, 1.807) is 24.9 Å². The van der Waals surface area contributed by atoms with Crippen molar-refractivity contribution in [3.8, 4) is 22.5 Å². The fourth-order valence-electron chi connectivity index (χ4n) is 4.72. The van der Waals surface area contributed by atoms with Crippen molar-refractivity contribution in [2.45, 2.75) is 45.1 Å². The van der Waals surface area contributed by atoms with Crippen molar-refractivity contribution in [3.05, 3.63) is 42.9 Å². The largest absolute Gasteiger partial charge is 0.469 e. The molecule has 30 heavy (non-hydrogen) atoms. The summed E-state index contributed by atoms with van der Waals surface area (Å²) in [6.45, 7) is 6.05. The minimum Gasteiger partial charge on any atom is -0.469 e. The zero-order valence-corrected chi connectivity index (χ0v) is 17.5. The molecule has 156 valence electrons. The summed E-state index contributed by atoms with van der Waals surface area (Å²) in [5.74, 6) is 1.62.